The molecule has 0 saturated heterocycles. The van der Waals surface area contributed by atoms with Crippen molar-refractivity contribution in [3.8, 4) is 17.5 Å². The van der Waals surface area contributed by atoms with Crippen molar-refractivity contribution in [2.45, 2.75) is 13.0 Å². The van der Waals surface area contributed by atoms with Crippen molar-refractivity contribution in [1.29, 1.82) is 0 Å². The van der Waals surface area contributed by atoms with Crippen LogP contribution >= 0.6 is 0 Å². The zero-order valence-electron chi connectivity index (χ0n) is 26.4. The number of hydrogen-bond donors (Lipinski definition) is 2. The second kappa shape index (κ2) is 9.89. The van der Waals surface area contributed by atoms with Crippen molar-refractivity contribution in [1.82, 2.24) is 34.3 Å². The van der Waals surface area contributed by atoms with E-state index < -0.39 is 47.7 Å². The van der Waals surface area contributed by atoms with Crippen molar-refractivity contribution in [2.75, 3.05) is 5.73 Å². The van der Waals surface area contributed by atoms with Crippen LogP contribution in [0.4, 0.5) is 5.82 Å². The van der Waals surface area contributed by atoms with Gasteiger partial charge >= 0.3 is 0 Å². The summed E-state index contributed by atoms with van der Waals surface area (Å²) in [5, 5.41) is 11.7. The zero-order valence-corrected chi connectivity index (χ0v) is 21.4. The molecule has 0 spiro atoms. The van der Waals surface area contributed by atoms with Gasteiger partial charge in [-0.2, -0.15) is 5.10 Å². The number of fused-ring (bicyclic) bond motifs is 2. The molecule has 4 heterocycles. The molecule has 0 bridgehead atoms. The molecule has 0 radical (unpaired) electrons. The van der Waals surface area contributed by atoms with Crippen LogP contribution in [0.2, 0.25) is 0 Å². The van der Waals surface area contributed by atoms with Crippen molar-refractivity contribution in [3.63, 3.8) is 0 Å². The lowest BCUT2D eigenvalue weighted by Gasteiger charge is -2.21. The first-order valence-corrected chi connectivity index (χ1v) is 12.1. The third-order valence-electron chi connectivity index (χ3n) is 6.27. The molecule has 196 valence electrons. The Balaban J connectivity index is 1.58. The second-order valence-corrected chi connectivity index (χ2v) is 8.95. The van der Waals surface area contributed by atoms with E-state index in [1.54, 1.807) is 67.6 Å². The highest BCUT2D eigenvalue weighted by Gasteiger charge is 2.23. The number of aromatic nitrogens is 6. The number of amides is 1. The maximum Gasteiger partial charge on any atom is 0.264 e. The van der Waals surface area contributed by atoms with Gasteiger partial charge in [0.05, 0.1) is 30.0 Å². The fraction of sp³-hybridized carbons (Fsp3) is 0.100. The van der Waals surface area contributed by atoms with Crippen LogP contribution in [0.1, 0.15) is 47.0 Å². The largest absolute Gasteiger partial charge is 0.381 e. The van der Waals surface area contributed by atoms with Crippen molar-refractivity contribution in [3.05, 3.63) is 118 Å². The van der Waals surface area contributed by atoms with Crippen molar-refractivity contribution < 1.29 is 11.6 Å². The van der Waals surface area contributed by atoms with Crippen LogP contribution in [0.5, 0.6) is 0 Å². The molecule has 6 rings (SSSR count). The quantitative estimate of drug-likeness (QED) is 0.335. The summed E-state index contributed by atoms with van der Waals surface area (Å²) in [6.45, 7) is 1.60. The number of nitrogen functional groups attached to an aromatic ring is 1. The maximum absolute atomic E-state index is 14.4. The molecule has 0 aliphatic rings. The number of para-hydroxylation sites is 1. The van der Waals surface area contributed by atoms with Gasteiger partial charge in [0.2, 0.25) is 0 Å². The van der Waals surface area contributed by atoms with E-state index in [1.807, 2.05) is 0 Å². The third kappa shape index (κ3) is 4.35. The van der Waals surface area contributed by atoms with Crippen LogP contribution in [0.25, 0.3) is 22.1 Å². The Morgan fingerprint density at radius 1 is 1.18 bits per heavy atom. The molecule has 0 fully saturated rings. The summed E-state index contributed by atoms with van der Waals surface area (Å²) in [5.74, 6) is 5.30. The van der Waals surface area contributed by atoms with Gasteiger partial charge in [0, 0.05) is 42.6 Å². The highest BCUT2D eigenvalue weighted by Crippen LogP contribution is 2.24. The van der Waals surface area contributed by atoms with Gasteiger partial charge in [0.15, 0.2) is 11.5 Å². The number of nitrogens with one attached hydrogen (secondary N) is 1. The van der Waals surface area contributed by atoms with E-state index in [9.17, 15) is 9.59 Å². The summed E-state index contributed by atoms with van der Waals surface area (Å²) < 4.78 is 45.9. The molecule has 40 heavy (non-hydrogen) atoms. The Morgan fingerprint density at radius 3 is 2.77 bits per heavy atom. The zero-order chi connectivity index (χ0) is 32.2. The van der Waals surface area contributed by atoms with Gasteiger partial charge in [-0.1, -0.05) is 42.1 Å². The number of pyridine rings is 1. The minimum atomic E-state index is -0.935. The van der Waals surface area contributed by atoms with E-state index in [-0.39, 0.29) is 33.8 Å². The highest BCUT2D eigenvalue weighted by molar-refractivity contribution is 6.04. The predicted molar refractivity (Wildman–Crippen MR) is 152 cm³/mol. The minimum absolute atomic E-state index is 0.0212. The number of anilines is 1. The van der Waals surface area contributed by atoms with E-state index in [2.05, 4.69) is 32.3 Å². The van der Waals surface area contributed by atoms with E-state index >= 15 is 0 Å². The smallest absolute Gasteiger partial charge is 0.264 e. The van der Waals surface area contributed by atoms with Crippen LogP contribution in [0.3, 0.4) is 0 Å². The van der Waals surface area contributed by atoms with Gasteiger partial charge in [-0.15, -0.1) is 5.10 Å². The summed E-state index contributed by atoms with van der Waals surface area (Å²) >= 11 is 0. The lowest BCUT2D eigenvalue weighted by molar-refractivity contribution is 0.0941. The third-order valence-corrected chi connectivity index (χ3v) is 6.27. The first-order valence-electron chi connectivity index (χ1n) is 14.6. The molecule has 6 aromatic rings. The summed E-state index contributed by atoms with van der Waals surface area (Å²) in [6, 6.07) is 4.39. The van der Waals surface area contributed by atoms with E-state index in [4.69, 9.17) is 12.6 Å². The number of nitrogens with two attached hydrogens (primary N) is 1. The molecule has 0 saturated carbocycles. The fourth-order valence-electron chi connectivity index (χ4n) is 4.48. The maximum atomic E-state index is 14.4. The molecule has 1 unspecified atom stereocenters. The molecule has 2 aromatic carbocycles. The van der Waals surface area contributed by atoms with Crippen LogP contribution in [0, 0.1) is 11.8 Å². The summed E-state index contributed by atoms with van der Waals surface area (Å²) in [4.78, 5) is 32.2. The number of hydrogen-bond acceptors (Lipinski definition) is 6. The SMILES string of the molecule is [2H]c1c([2H])c([2H])c(-n2c(C(C)NC(=O)c3c(N)nn4cccnc34)cc3cccc(C#Cc4cnn(C)c4)c3c2=O)c([2H])c1[2H]. The number of carbonyl (C=O) groups excluding carboxylic acids is 1. The molecule has 0 aliphatic heterocycles. The van der Waals surface area contributed by atoms with Crippen LogP contribution in [-0.2, 0) is 7.05 Å². The van der Waals surface area contributed by atoms with Gasteiger partial charge in [-0.05, 0) is 42.6 Å². The monoisotopic (exact) mass is 533 g/mol. The first-order chi connectivity index (χ1) is 21.5. The Bertz CT molecular complexity index is 2290. The average Bonchev–Trinajstić information content (AvgIpc) is 3.60. The molecule has 10 nitrogen and oxygen atoms in total. The van der Waals surface area contributed by atoms with Crippen LogP contribution in [0.15, 0.2) is 90.1 Å². The average molecular weight is 534 g/mol. The number of aryl methyl sites for hydroxylation is 1. The Labute approximate surface area is 235 Å². The second-order valence-electron chi connectivity index (χ2n) is 8.95. The number of carbonyl (C=O) groups is 1. The summed E-state index contributed by atoms with van der Waals surface area (Å²) in [6.07, 6.45) is 6.38. The lowest BCUT2D eigenvalue weighted by Crippen LogP contribution is -2.32. The fourth-order valence-corrected chi connectivity index (χ4v) is 4.48. The summed E-state index contributed by atoms with van der Waals surface area (Å²) in [5.41, 5.74) is 6.37. The lowest BCUT2D eigenvalue weighted by atomic mass is 10.0. The Hall–Kier alpha value is -5.69. The summed E-state index contributed by atoms with van der Waals surface area (Å²) in [7, 11) is 1.75. The molecule has 3 N–H and O–H groups in total. The molecule has 4 aromatic heterocycles. The molecule has 1 atom stereocenters. The standard InChI is InChI=1S/C30H24N8O2/c1-19(34-29(39)26-27(31)35-37-15-7-14-32-28(26)37)24-16-22-9-6-8-21(13-12-20-17-33-36(2)18-20)25(22)30(40)38(24)23-10-4-3-5-11-23/h3-11,14-19H,1-2H3,(H2,31,35)(H,34,39)/i3D,4D,5D,10D,11D. The number of benzene rings is 2. The minimum Gasteiger partial charge on any atom is -0.381 e. The van der Waals surface area contributed by atoms with Crippen LogP contribution < -0.4 is 16.6 Å². The molecule has 1 amide bonds. The molecular weight excluding hydrogens is 504 g/mol. The highest BCUT2D eigenvalue weighted by atomic mass is 16.2. The molecular formula is C30H24N8O2. The predicted octanol–water partition coefficient (Wildman–Crippen LogP) is 3.24. The van der Waals surface area contributed by atoms with E-state index in [0.717, 1.165) is 4.57 Å². The molecule has 0 aliphatic carbocycles. The van der Waals surface area contributed by atoms with Crippen molar-refractivity contribution in [2.24, 2.45) is 7.05 Å². The normalized spacial score (nSPS) is 13.5. The Kier molecular flexibility index (Phi) is 4.79. The number of nitrogens with zero attached hydrogens (tertiary/aromatic N) is 6. The van der Waals surface area contributed by atoms with Gasteiger partial charge in [-0.25, -0.2) is 9.50 Å². The Morgan fingerprint density at radius 2 is 2.00 bits per heavy atom. The molecule has 10 heteroatoms. The van der Waals surface area contributed by atoms with Crippen LogP contribution in [-0.4, -0.2) is 34.9 Å². The van der Waals surface area contributed by atoms with Gasteiger partial charge in [0.25, 0.3) is 11.5 Å². The van der Waals surface area contributed by atoms with E-state index in [0.29, 0.717) is 16.5 Å². The van der Waals surface area contributed by atoms with Gasteiger partial charge in [0.1, 0.15) is 5.56 Å². The van der Waals surface area contributed by atoms with Crippen molar-refractivity contribution >= 4 is 28.1 Å². The van der Waals surface area contributed by atoms with Gasteiger partial charge < -0.3 is 11.1 Å². The topological polar surface area (TPSA) is 125 Å². The van der Waals surface area contributed by atoms with Gasteiger partial charge in [-0.3, -0.25) is 18.8 Å². The number of rotatable bonds is 4. The first kappa shape index (κ1) is 19.4. The van der Waals surface area contributed by atoms with E-state index in [1.165, 1.54) is 10.7 Å².